The summed E-state index contributed by atoms with van der Waals surface area (Å²) in [7, 11) is 0. The number of hydrogen-bond donors (Lipinski definition) is 1. The van der Waals surface area contributed by atoms with E-state index in [1.807, 2.05) is 12.1 Å². The van der Waals surface area contributed by atoms with E-state index in [0.29, 0.717) is 18.7 Å². The zero-order valence-corrected chi connectivity index (χ0v) is 18.9. The van der Waals surface area contributed by atoms with Crippen LogP contribution in [0.5, 0.6) is 0 Å². The molecule has 0 aliphatic heterocycles. The van der Waals surface area contributed by atoms with Crippen LogP contribution in [-0.4, -0.2) is 16.7 Å². The fraction of sp³-hybridized carbons (Fsp3) is 0.103. The van der Waals surface area contributed by atoms with Gasteiger partial charge in [0.05, 0.1) is 23.7 Å². The Kier molecular flexibility index (Phi) is 6.08. The molecule has 0 atom stereocenters. The number of fused-ring (bicyclic) bond motifs is 1. The summed E-state index contributed by atoms with van der Waals surface area (Å²) < 4.78 is 7.49. The predicted octanol–water partition coefficient (Wildman–Crippen LogP) is 6.42. The lowest BCUT2D eigenvalue weighted by atomic mass is 9.98. The van der Waals surface area contributed by atoms with E-state index in [1.54, 1.807) is 18.4 Å². The number of nitrogens with one attached hydrogen (secondary N) is 1. The van der Waals surface area contributed by atoms with Crippen LogP contribution in [0.25, 0.3) is 33.3 Å². The minimum absolute atomic E-state index is 0.154. The van der Waals surface area contributed by atoms with Crippen LogP contribution in [0, 0.1) is 6.92 Å². The number of carbonyl (C=O) groups is 1. The molecular weight excluding hydrogens is 422 g/mol. The molecule has 0 aliphatic rings. The van der Waals surface area contributed by atoms with Crippen molar-refractivity contribution in [2.45, 2.75) is 19.9 Å². The van der Waals surface area contributed by atoms with Crippen molar-refractivity contribution in [1.82, 2.24) is 9.99 Å². The smallest absolute Gasteiger partial charge is 0.241 e. The van der Waals surface area contributed by atoms with Crippen LogP contribution in [0.15, 0.2) is 107 Å². The van der Waals surface area contributed by atoms with Crippen LogP contribution in [-0.2, 0) is 11.3 Å². The van der Waals surface area contributed by atoms with Crippen LogP contribution >= 0.6 is 0 Å². The summed E-state index contributed by atoms with van der Waals surface area (Å²) in [5, 5.41) is 5.19. The van der Waals surface area contributed by atoms with E-state index in [2.05, 4.69) is 88.7 Å². The van der Waals surface area contributed by atoms with E-state index in [9.17, 15) is 4.79 Å². The third-order valence-corrected chi connectivity index (χ3v) is 5.88. The highest BCUT2D eigenvalue weighted by Crippen LogP contribution is 2.42. The summed E-state index contributed by atoms with van der Waals surface area (Å²) in [4.78, 5) is 12.6. The van der Waals surface area contributed by atoms with E-state index >= 15 is 0 Å². The maximum Gasteiger partial charge on any atom is 0.241 e. The molecule has 2 aromatic heterocycles. The second-order valence-electron chi connectivity index (χ2n) is 8.14. The number of hydrazone groups is 1. The van der Waals surface area contributed by atoms with Crippen LogP contribution in [0.4, 0.5) is 0 Å². The average molecular weight is 448 g/mol. The van der Waals surface area contributed by atoms with Gasteiger partial charge in [0.25, 0.3) is 0 Å². The van der Waals surface area contributed by atoms with Crippen LogP contribution in [0.3, 0.4) is 0 Å². The Morgan fingerprint density at radius 2 is 1.65 bits per heavy atom. The Bertz CT molecular complexity index is 1430. The minimum atomic E-state index is -0.154. The van der Waals surface area contributed by atoms with E-state index < -0.39 is 0 Å². The molecule has 34 heavy (non-hydrogen) atoms. The molecule has 5 rings (SSSR count). The summed E-state index contributed by atoms with van der Waals surface area (Å²) in [6, 6.07) is 30.8. The zero-order valence-electron chi connectivity index (χ0n) is 18.9. The van der Waals surface area contributed by atoms with Gasteiger partial charge in [0.1, 0.15) is 5.76 Å². The lowest BCUT2D eigenvalue weighted by Gasteiger charge is -2.13. The maximum absolute atomic E-state index is 12.6. The highest BCUT2D eigenvalue weighted by Gasteiger charge is 2.21. The fourth-order valence-electron chi connectivity index (χ4n) is 4.41. The topological polar surface area (TPSA) is 59.5 Å². The predicted molar refractivity (Wildman–Crippen MR) is 137 cm³/mol. The normalized spacial score (nSPS) is 11.3. The molecule has 1 amide bonds. The van der Waals surface area contributed by atoms with E-state index in [4.69, 9.17) is 4.42 Å². The first-order valence-electron chi connectivity index (χ1n) is 11.3. The first-order valence-corrected chi connectivity index (χ1v) is 11.3. The van der Waals surface area contributed by atoms with E-state index in [0.717, 1.165) is 22.3 Å². The lowest BCUT2D eigenvalue weighted by Crippen LogP contribution is -2.19. The van der Waals surface area contributed by atoms with Crippen molar-refractivity contribution in [3.8, 4) is 22.4 Å². The van der Waals surface area contributed by atoms with Crippen molar-refractivity contribution in [3.63, 3.8) is 0 Å². The molecule has 0 aliphatic carbocycles. The monoisotopic (exact) mass is 447 g/mol. The number of benzene rings is 3. The Morgan fingerprint density at radius 3 is 2.35 bits per heavy atom. The fourth-order valence-corrected chi connectivity index (χ4v) is 4.41. The van der Waals surface area contributed by atoms with Gasteiger partial charge in [-0.05, 0) is 35.7 Å². The van der Waals surface area contributed by atoms with E-state index in [-0.39, 0.29) is 5.91 Å². The molecule has 5 nitrogen and oxygen atoms in total. The molecule has 5 aromatic rings. The number of hydrogen-bond acceptors (Lipinski definition) is 3. The number of rotatable bonds is 7. The van der Waals surface area contributed by atoms with Gasteiger partial charge in [0.2, 0.25) is 5.91 Å². The van der Waals surface area contributed by atoms with Crippen molar-refractivity contribution >= 4 is 23.0 Å². The van der Waals surface area contributed by atoms with Gasteiger partial charge in [-0.2, -0.15) is 5.10 Å². The Balaban J connectivity index is 1.56. The molecule has 0 saturated heterocycles. The maximum atomic E-state index is 12.6. The molecular formula is C29H25N3O2. The molecule has 0 spiro atoms. The number of carbonyl (C=O) groups excluding carboxylic acids is 1. The molecule has 3 aromatic carbocycles. The van der Waals surface area contributed by atoms with Gasteiger partial charge >= 0.3 is 0 Å². The van der Waals surface area contributed by atoms with Crippen LogP contribution in [0.2, 0.25) is 0 Å². The van der Waals surface area contributed by atoms with Gasteiger partial charge in [-0.15, -0.1) is 0 Å². The van der Waals surface area contributed by atoms with Gasteiger partial charge in [-0.25, -0.2) is 5.43 Å². The quantitative estimate of drug-likeness (QED) is 0.231. The minimum Gasteiger partial charge on any atom is -0.463 e. The first-order chi connectivity index (χ1) is 16.7. The third-order valence-electron chi connectivity index (χ3n) is 5.88. The number of aryl methyl sites for hydroxylation is 2. The summed E-state index contributed by atoms with van der Waals surface area (Å²) in [5.41, 5.74) is 9.50. The van der Waals surface area contributed by atoms with Gasteiger partial charge < -0.3 is 8.98 Å². The molecule has 0 fully saturated rings. The zero-order chi connectivity index (χ0) is 23.3. The Morgan fingerprint density at radius 1 is 0.912 bits per heavy atom. The Hall–Kier alpha value is -4.38. The number of para-hydroxylation sites is 1. The SMILES string of the molecule is Cc1cccc2c(-c3ccccc3)c(-c3ccccc3)n(CCC(=O)N/N=C/c3ccco3)c12. The third kappa shape index (κ3) is 4.28. The van der Waals surface area contributed by atoms with Crippen LogP contribution in [0.1, 0.15) is 17.7 Å². The second-order valence-corrected chi connectivity index (χ2v) is 8.14. The average Bonchev–Trinajstić information content (AvgIpc) is 3.50. The standard InChI is InChI=1S/C29H25N3O2/c1-21-10-8-16-25-27(22-11-4-2-5-12-22)29(23-13-6-3-7-14-23)32(28(21)25)18-17-26(33)31-30-20-24-15-9-19-34-24/h2-16,19-20H,17-18H2,1H3,(H,31,33)/b30-20+. The number of furan rings is 1. The van der Waals surface area contributed by atoms with Crippen molar-refractivity contribution in [2.24, 2.45) is 5.10 Å². The number of nitrogens with zero attached hydrogens (tertiary/aromatic N) is 2. The highest BCUT2D eigenvalue weighted by atomic mass is 16.3. The number of amides is 1. The lowest BCUT2D eigenvalue weighted by molar-refractivity contribution is -0.121. The second kappa shape index (κ2) is 9.63. The van der Waals surface area contributed by atoms with Crippen LogP contribution < -0.4 is 5.43 Å². The summed E-state index contributed by atoms with van der Waals surface area (Å²) in [6.45, 7) is 2.65. The van der Waals surface area contributed by atoms with Gasteiger partial charge in [-0.1, -0.05) is 78.9 Å². The molecule has 0 bridgehead atoms. The van der Waals surface area contributed by atoms with Crippen molar-refractivity contribution in [1.29, 1.82) is 0 Å². The van der Waals surface area contributed by atoms with Gasteiger partial charge in [0.15, 0.2) is 0 Å². The van der Waals surface area contributed by atoms with E-state index in [1.165, 1.54) is 22.7 Å². The van der Waals surface area contributed by atoms with Gasteiger partial charge in [0, 0.05) is 23.9 Å². The molecule has 2 heterocycles. The number of aromatic nitrogens is 1. The first kappa shape index (κ1) is 21.5. The van der Waals surface area contributed by atoms with Crippen molar-refractivity contribution in [3.05, 3.63) is 109 Å². The molecule has 5 heteroatoms. The molecule has 0 radical (unpaired) electrons. The molecule has 0 unspecified atom stereocenters. The van der Waals surface area contributed by atoms with Crippen molar-refractivity contribution < 1.29 is 9.21 Å². The summed E-state index contributed by atoms with van der Waals surface area (Å²) >= 11 is 0. The van der Waals surface area contributed by atoms with Gasteiger partial charge in [-0.3, -0.25) is 4.79 Å². The summed E-state index contributed by atoms with van der Waals surface area (Å²) in [6.07, 6.45) is 3.36. The highest BCUT2D eigenvalue weighted by molar-refractivity contribution is 6.05. The van der Waals surface area contributed by atoms with Crippen molar-refractivity contribution in [2.75, 3.05) is 0 Å². The molecule has 1 N–H and O–H groups in total. The largest absolute Gasteiger partial charge is 0.463 e. The summed E-state index contributed by atoms with van der Waals surface area (Å²) in [5.74, 6) is 0.435. The molecule has 0 saturated carbocycles. The molecule has 168 valence electrons. The Labute approximate surface area is 198 Å².